The molecule has 5 nitrogen and oxygen atoms in total. The minimum absolute atomic E-state index is 0.261. The smallest absolute Gasteiger partial charge is 0.129 e. The van der Waals surface area contributed by atoms with Crippen LogP contribution in [0.25, 0.3) is 0 Å². The Morgan fingerprint density at radius 3 is 2.41 bits per heavy atom. The summed E-state index contributed by atoms with van der Waals surface area (Å²) in [5, 5.41) is 16.1. The van der Waals surface area contributed by atoms with Gasteiger partial charge in [0.2, 0.25) is 0 Å². The lowest BCUT2D eigenvalue weighted by Crippen LogP contribution is -2.42. The fraction of sp³-hybridized carbons (Fsp3) is 0.480. The van der Waals surface area contributed by atoms with Crippen LogP contribution in [0.1, 0.15) is 36.8 Å². The Kier molecular flexibility index (Phi) is 9.05. The fourth-order valence-corrected chi connectivity index (χ4v) is 4.02. The summed E-state index contributed by atoms with van der Waals surface area (Å²) in [6.45, 7) is 3.87. The highest BCUT2D eigenvalue weighted by Crippen LogP contribution is 2.33. The van der Waals surface area contributed by atoms with Gasteiger partial charge in [0.05, 0.1) is 11.3 Å². The van der Waals surface area contributed by atoms with Crippen LogP contribution in [0.4, 0.5) is 4.39 Å². The van der Waals surface area contributed by atoms with Crippen molar-refractivity contribution in [1.29, 1.82) is 0 Å². The molecule has 1 saturated heterocycles. The predicted molar refractivity (Wildman–Crippen MR) is 128 cm³/mol. The first-order valence-corrected chi connectivity index (χ1v) is 11.5. The Bertz CT molecular complexity index is 864. The molecule has 1 heterocycles. The molecular formula is C25H33ClFN3O2. The van der Waals surface area contributed by atoms with Gasteiger partial charge in [-0.05, 0) is 81.7 Å². The number of likely N-dealkylation sites (tertiary alicyclic amines) is 1. The molecule has 2 aromatic carbocycles. The van der Waals surface area contributed by atoms with Gasteiger partial charge in [0.1, 0.15) is 12.4 Å². The van der Waals surface area contributed by atoms with Crippen LogP contribution >= 0.6 is 11.6 Å². The minimum atomic E-state index is -0.790. The van der Waals surface area contributed by atoms with Crippen molar-refractivity contribution in [2.24, 2.45) is 5.16 Å². The van der Waals surface area contributed by atoms with E-state index in [9.17, 15) is 9.50 Å². The Balaban J connectivity index is 1.51. The van der Waals surface area contributed by atoms with E-state index in [4.69, 9.17) is 16.4 Å². The third-order valence-electron chi connectivity index (χ3n) is 5.93. The first-order valence-electron chi connectivity index (χ1n) is 11.2. The van der Waals surface area contributed by atoms with Crippen molar-refractivity contribution in [3.63, 3.8) is 0 Å². The second kappa shape index (κ2) is 11.8. The molecule has 0 radical (unpaired) electrons. The highest BCUT2D eigenvalue weighted by atomic mass is 35.5. The van der Waals surface area contributed by atoms with Crippen LogP contribution in [0.3, 0.4) is 0 Å². The lowest BCUT2D eigenvalue weighted by atomic mass is 9.84. The van der Waals surface area contributed by atoms with Gasteiger partial charge < -0.3 is 19.7 Å². The monoisotopic (exact) mass is 461 g/mol. The Morgan fingerprint density at radius 2 is 1.78 bits per heavy atom. The highest BCUT2D eigenvalue weighted by molar-refractivity contribution is 6.30. The summed E-state index contributed by atoms with van der Waals surface area (Å²) in [4.78, 5) is 9.93. The number of hydrogen-bond donors (Lipinski definition) is 1. The van der Waals surface area contributed by atoms with Gasteiger partial charge in [-0.15, -0.1) is 0 Å². The molecule has 0 spiro atoms. The normalized spacial score (nSPS) is 17.0. The van der Waals surface area contributed by atoms with E-state index >= 15 is 0 Å². The average Bonchev–Trinajstić information content (AvgIpc) is 2.78. The van der Waals surface area contributed by atoms with Crippen molar-refractivity contribution in [3.8, 4) is 0 Å². The van der Waals surface area contributed by atoms with Crippen LogP contribution in [0, 0.1) is 5.82 Å². The number of rotatable bonds is 10. The molecule has 0 bridgehead atoms. The second-order valence-electron chi connectivity index (χ2n) is 8.67. The van der Waals surface area contributed by atoms with Gasteiger partial charge in [0.15, 0.2) is 0 Å². The molecule has 0 saturated carbocycles. The first kappa shape index (κ1) is 24.6. The lowest BCUT2D eigenvalue weighted by Gasteiger charge is -2.38. The Hall–Kier alpha value is -1.99. The molecular weight excluding hydrogens is 429 g/mol. The van der Waals surface area contributed by atoms with E-state index < -0.39 is 5.60 Å². The van der Waals surface area contributed by atoms with Gasteiger partial charge in [-0.3, -0.25) is 0 Å². The largest absolute Gasteiger partial charge is 0.394 e. The number of hydrogen-bond acceptors (Lipinski definition) is 5. The van der Waals surface area contributed by atoms with Crippen molar-refractivity contribution in [1.82, 2.24) is 9.80 Å². The van der Waals surface area contributed by atoms with Crippen LogP contribution in [-0.4, -0.2) is 67.5 Å². The zero-order chi connectivity index (χ0) is 23.0. The zero-order valence-electron chi connectivity index (χ0n) is 18.9. The third kappa shape index (κ3) is 7.27. The molecule has 0 unspecified atom stereocenters. The molecule has 3 rings (SSSR count). The number of halogens is 2. The SMILES string of the molecule is CN(C)CCO/N=C(/CCCN1CCC(O)(c2ccc(Cl)cc2)CC1)c1ccc(F)cc1. The average molecular weight is 462 g/mol. The number of oxime groups is 1. The summed E-state index contributed by atoms with van der Waals surface area (Å²) in [6.07, 6.45) is 3.04. The Labute approximate surface area is 195 Å². The van der Waals surface area contributed by atoms with E-state index in [0.717, 1.165) is 55.9 Å². The summed E-state index contributed by atoms with van der Waals surface area (Å²) in [5.74, 6) is -0.261. The molecule has 1 aliphatic heterocycles. The highest BCUT2D eigenvalue weighted by Gasteiger charge is 2.33. The lowest BCUT2D eigenvalue weighted by molar-refractivity contribution is -0.0259. The van der Waals surface area contributed by atoms with E-state index in [1.165, 1.54) is 12.1 Å². The summed E-state index contributed by atoms with van der Waals surface area (Å²) < 4.78 is 13.3. The number of nitrogens with zero attached hydrogens (tertiary/aromatic N) is 3. The van der Waals surface area contributed by atoms with E-state index in [0.29, 0.717) is 24.5 Å². The molecule has 1 N–H and O–H groups in total. The molecule has 0 aliphatic carbocycles. The second-order valence-corrected chi connectivity index (χ2v) is 9.10. The van der Waals surface area contributed by atoms with Crippen molar-refractivity contribution in [2.45, 2.75) is 31.3 Å². The molecule has 0 atom stereocenters. The minimum Gasteiger partial charge on any atom is -0.394 e. The predicted octanol–water partition coefficient (Wildman–Crippen LogP) is 4.53. The molecule has 7 heteroatoms. The third-order valence-corrected chi connectivity index (χ3v) is 6.19. The topological polar surface area (TPSA) is 48.3 Å². The summed E-state index contributed by atoms with van der Waals surface area (Å²) in [7, 11) is 3.97. The number of piperidine rings is 1. The number of benzene rings is 2. The van der Waals surface area contributed by atoms with E-state index in [1.807, 2.05) is 43.3 Å². The van der Waals surface area contributed by atoms with Crippen LogP contribution in [0.5, 0.6) is 0 Å². The summed E-state index contributed by atoms with van der Waals surface area (Å²) >= 11 is 5.98. The summed E-state index contributed by atoms with van der Waals surface area (Å²) in [6, 6.07) is 13.9. The maximum absolute atomic E-state index is 13.3. The number of likely N-dealkylation sites (N-methyl/N-ethyl adjacent to an activating group) is 1. The summed E-state index contributed by atoms with van der Waals surface area (Å²) in [5.41, 5.74) is 1.86. The molecule has 1 fully saturated rings. The molecule has 2 aromatic rings. The molecule has 0 amide bonds. The molecule has 32 heavy (non-hydrogen) atoms. The van der Waals surface area contributed by atoms with Crippen molar-refractivity contribution < 1.29 is 14.3 Å². The van der Waals surface area contributed by atoms with Crippen molar-refractivity contribution in [3.05, 3.63) is 70.5 Å². The maximum atomic E-state index is 13.3. The van der Waals surface area contributed by atoms with Crippen LogP contribution in [0.2, 0.25) is 5.02 Å². The van der Waals surface area contributed by atoms with Gasteiger partial charge in [-0.2, -0.15) is 0 Å². The molecule has 174 valence electrons. The van der Waals surface area contributed by atoms with Crippen molar-refractivity contribution >= 4 is 17.3 Å². The van der Waals surface area contributed by atoms with Gasteiger partial charge in [-0.25, -0.2) is 4.39 Å². The van der Waals surface area contributed by atoms with Gasteiger partial charge >= 0.3 is 0 Å². The van der Waals surface area contributed by atoms with Crippen molar-refractivity contribution in [2.75, 3.05) is 46.9 Å². The van der Waals surface area contributed by atoms with Gasteiger partial charge in [0.25, 0.3) is 0 Å². The van der Waals surface area contributed by atoms with E-state index in [-0.39, 0.29) is 5.82 Å². The van der Waals surface area contributed by atoms with Crippen LogP contribution < -0.4 is 0 Å². The standard InChI is InChI=1S/C25H33ClFN3O2/c1-29(2)18-19-32-28-24(20-5-11-23(27)12-6-20)4-3-15-30-16-13-25(31,14-17-30)21-7-9-22(26)10-8-21/h5-12,31H,3-4,13-19H2,1-2H3/b28-24-. The zero-order valence-corrected chi connectivity index (χ0v) is 19.7. The van der Waals surface area contributed by atoms with Crippen LogP contribution in [0.15, 0.2) is 53.7 Å². The molecule has 1 aliphatic rings. The maximum Gasteiger partial charge on any atom is 0.129 e. The Morgan fingerprint density at radius 1 is 1.12 bits per heavy atom. The quantitative estimate of drug-likeness (QED) is 0.321. The van der Waals surface area contributed by atoms with Gasteiger partial charge in [-0.1, -0.05) is 41.0 Å². The first-order chi connectivity index (χ1) is 15.4. The fourth-order valence-electron chi connectivity index (χ4n) is 3.90. The van der Waals surface area contributed by atoms with E-state index in [1.54, 1.807) is 12.1 Å². The van der Waals surface area contributed by atoms with Gasteiger partial charge in [0, 0.05) is 24.7 Å². The van der Waals surface area contributed by atoms with Crippen LogP contribution in [-0.2, 0) is 10.4 Å². The number of aliphatic hydroxyl groups is 1. The van der Waals surface area contributed by atoms with E-state index in [2.05, 4.69) is 10.1 Å². The molecule has 0 aromatic heterocycles.